The van der Waals surface area contributed by atoms with Crippen LogP contribution in [-0.2, 0) is 16.9 Å². The summed E-state index contributed by atoms with van der Waals surface area (Å²) in [7, 11) is 1.49. The number of rotatable bonds is 7. The predicted octanol–water partition coefficient (Wildman–Crippen LogP) is 5.20. The number of hydrogen-bond acceptors (Lipinski definition) is 7. The van der Waals surface area contributed by atoms with Crippen LogP contribution in [-0.4, -0.2) is 39.4 Å². The molecule has 0 radical (unpaired) electrons. The number of carbonyl (C=O) groups is 1. The zero-order valence-corrected chi connectivity index (χ0v) is 22.2. The fourth-order valence-corrected chi connectivity index (χ4v) is 4.93. The molecular formula is C29H31FN6O2. The Bertz CT molecular complexity index is 1520. The molecule has 1 unspecified atom stereocenters. The van der Waals surface area contributed by atoms with Crippen LogP contribution in [0, 0.1) is 11.7 Å². The number of halogens is 1. The minimum atomic E-state index is -0.634. The Kier molecular flexibility index (Phi) is 6.79. The van der Waals surface area contributed by atoms with E-state index in [1.807, 2.05) is 38.2 Å². The summed E-state index contributed by atoms with van der Waals surface area (Å²) in [5.74, 6) is -0.136. The topological polar surface area (TPSA) is 102 Å². The summed E-state index contributed by atoms with van der Waals surface area (Å²) in [6.07, 6.45) is 4.49. The van der Waals surface area contributed by atoms with Gasteiger partial charge in [-0.2, -0.15) is 0 Å². The molecular weight excluding hydrogens is 483 g/mol. The van der Waals surface area contributed by atoms with Crippen LogP contribution in [0.1, 0.15) is 60.8 Å². The lowest BCUT2D eigenvalue weighted by Gasteiger charge is -2.22. The molecule has 1 amide bonds. The van der Waals surface area contributed by atoms with E-state index in [4.69, 9.17) is 4.74 Å². The number of aromatic nitrogens is 4. The van der Waals surface area contributed by atoms with Crippen molar-refractivity contribution in [1.82, 2.24) is 25.3 Å². The van der Waals surface area contributed by atoms with E-state index in [0.717, 1.165) is 34.3 Å². The zero-order chi connectivity index (χ0) is 27.0. The van der Waals surface area contributed by atoms with Gasteiger partial charge in [-0.25, -0.2) is 14.4 Å². The number of para-hydroxylation sites is 1. The van der Waals surface area contributed by atoms with Gasteiger partial charge in [0.1, 0.15) is 17.7 Å². The third-order valence-corrected chi connectivity index (χ3v) is 7.37. The van der Waals surface area contributed by atoms with Crippen LogP contribution in [0.4, 0.5) is 10.2 Å². The summed E-state index contributed by atoms with van der Waals surface area (Å²) in [6, 6.07) is 9.56. The second-order valence-corrected chi connectivity index (χ2v) is 10.3. The molecule has 2 N–H and O–H groups in total. The summed E-state index contributed by atoms with van der Waals surface area (Å²) in [6.45, 7) is 9.46. The lowest BCUT2D eigenvalue weighted by atomic mass is 9.87. The van der Waals surface area contributed by atoms with Crippen molar-refractivity contribution in [2.45, 2.75) is 45.8 Å². The monoisotopic (exact) mass is 514 g/mol. The van der Waals surface area contributed by atoms with Gasteiger partial charge in [0.2, 0.25) is 0 Å². The van der Waals surface area contributed by atoms with E-state index in [0.29, 0.717) is 29.9 Å². The van der Waals surface area contributed by atoms with E-state index < -0.39 is 11.7 Å². The highest BCUT2D eigenvalue weighted by Gasteiger charge is 2.32. The lowest BCUT2D eigenvalue weighted by Crippen LogP contribution is -2.21. The quantitative estimate of drug-likeness (QED) is 0.349. The second kappa shape index (κ2) is 10.1. The minimum Gasteiger partial charge on any atom is -0.370 e. The van der Waals surface area contributed by atoms with Gasteiger partial charge in [0.05, 0.1) is 35.3 Å². The molecule has 1 aliphatic rings. The SMILES string of the molecule is CNC(=O)c1c(F)cnc2c(C(C)[C@H](C)CNc3cc(-c4cnc5c(c4)COC5(C)C)ncn3)cccc12. The average molecular weight is 515 g/mol. The maximum absolute atomic E-state index is 14.5. The number of nitrogens with zero attached hydrogens (tertiary/aromatic N) is 4. The van der Waals surface area contributed by atoms with Crippen LogP contribution in [0.25, 0.3) is 22.2 Å². The van der Waals surface area contributed by atoms with Gasteiger partial charge in [0.15, 0.2) is 5.82 Å². The Morgan fingerprint density at radius 2 is 1.95 bits per heavy atom. The summed E-state index contributed by atoms with van der Waals surface area (Å²) < 4.78 is 20.3. The number of hydrogen-bond donors (Lipinski definition) is 2. The molecule has 8 nitrogen and oxygen atoms in total. The molecule has 5 rings (SSSR count). The highest BCUT2D eigenvalue weighted by atomic mass is 19.1. The molecule has 4 aromatic rings. The van der Waals surface area contributed by atoms with Crippen molar-refractivity contribution in [3.63, 3.8) is 0 Å². The van der Waals surface area contributed by atoms with Crippen LogP contribution >= 0.6 is 0 Å². The van der Waals surface area contributed by atoms with Crippen molar-refractivity contribution in [3.05, 3.63) is 77.3 Å². The first-order valence-corrected chi connectivity index (χ1v) is 12.7. The van der Waals surface area contributed by atoms with Crippen molar-refractivity contribution >= 4 is 22.6 Å². The molecule has 9 heteroatoms. The first kappa shape index (κ1) is 25.7. The number of amides is 1. The summed E-state index contributed by atoms with van der Waals surface area (Å²) >= 11 is 0. The van der Waals surface area contributed by atoms with Crippen molar-refractivity contribution in [1.29, 1.82) is 0 Å². The van der Waals surface area contributed by atoms with Gasteiger partial charge in [0.25, 0.3) is 5.91 Å². The third-order valence-electron chi connectivity index (χ3n) is 7.37. The zero-order valence-electron chi connectivity index (χ0n) is 22.2. The van der Waals surface area contributed by atoms with Crippen molar-refractivity contribution in [2.24, 2.45) is 5.92 Å². The van der Waals surface area contributed by atoms with Crippen LogP contribution in [0.2, 0.25) is 0 Å². The molecule has 4 heterocycles. The fraction of sp³-hybridized carbons (Fsp3) is 0.345. The number of ether oxygens (including phenoxy) is 1. The van der Waals surface area contributed by atoms with Crippen molar-refractivity contribution in [3.8, 4) is 11.3 Å². The maximum Gasteiger partial charge on any atom is 0.254 e. The molecule has 0 saturated heterocycles. The highest BCUT2D eigenvalue weighted by Crippen LogP contribution is 2.36. The summed E-state index contributed by atoms with van der Waals surface area (Å²) in [5, 5.41) is 6.45. The van der Waals surface area contributed by atoms with Gasteiger partial charge in [-0.1, -0.05) is 32.0 Å². The molecule has 38 heavy (non-hydrogen) atoms. The molecule has 1 aliphatic heterocycles. The van der Waals surface area contributed by atoms with Crippen LogP contribution < -0.4 is 10.6 Å². The Morgan fingerprint density at radius 3 is 2.74 bits per heavy atom. The third kappa shape index (κ3) is 4.69. The molecule has 3 aromatic heterocycles. The van der Waals surface area contributed by atoms with Gasteiger partial charge in [-0.05, 0) is 37.3 Å². The largest absolute Gasteiger partial charge is 0.370 e. The van der Waals surface area contributed by atoms with E-state index in [-0.39, 0.29) is 23.0 Å². The van der Waals surface area contributed by atoms with Gasteiger partial charge >= 0.3 is 0 Å². The number of fused-ring (bicyclic) bond motifs is 2. The molecule has 2 atom stereocenters. The van der Waals surface area contributed by atoms with Crippen LogP contribution in [0.5, 0.6) is 0 Å². The first-order valence-electron chi connectivity index (χ1n) is 12.7. The number of nitrogens with one attached hydrogen (secondary N) is 2. The van der Waals surface area contributed by atoms with Crippen molar-refractivity contribution in [2.75, 3.05) is 18.9 Å². The molecule has 0 spiro atoms. The van der Waals surface area contributed by atoms with Gasteiger partial charge < -0.3 is 15.4 Å². The molecule has 0 aliphatic carbocycles. The minimum absolute atomic E-state index is 0.0158. The predicted molar refractivity (Wildman–Crippen MR) is 144 cm³/mol. The van der Waals surface area contributed by atoms with E-state index in [1.54, 1.807) is 12.4 Å². The van der Waals surface area contributed by atoms with Gasteiger partial charge in [-0.15, -0.1) is 0 Å². The smallest absolute Gasteiger partial charge is 0.254 e. The number of benzene rings is 1. The summed E-state index contributed by atoms with van der Waals surface area (Å²) in [5.41, 5.74) is 4.96. The molecule has 1 aromatic carbocycles. The Labute approximate surface area is 221 Å². The van der Waals surface area contributed by atoms with E-state index in [2.05, 4.69) is 50.5 Å². The Morgan fingerprint density at radius 1 is 1.13 bits per heavy atom. The first-order chi connectivity index (χ1) is 18.2. The second-order valence-electron chi connectivity index (χ2n) is 10.3. The average Bonchev–Trinajstić information content (AvgIpc) is 3.24. The van der Waals surface area contributed by atoms with Crippen LogP contribution in [0.3, 0.4) is 0 Å². The standard InChI is InChI=1S/C29H31FN6O2/c1-16(17(2)20-7-6-8-21-25(28(37)31-5)22(30)13-33-26(20)21)11-32-24-10-23(35-15-36-24)18-9-19-14-38-29(3,4)27(19)34-12-18/h6-10,12-13,15-17H,11,14H2,1-5H3,(H,31,37)(H,32,35,36)/t16-,17?/m1/s1. The van der Waals surface area contributed by atoms with E-state index in [9.17, 15) is 9.18 Å². The Balaban J connectivity index is 1.33. The van der Waals surface area contributed by atoms with Crippen molar-refractivity contribution < 1.29 is 13.9 Å². The van der Waals surface area contributed by atoms with Gasteiger partial charge in [0, 0.05) is 42.4 Å². The Hall–Kier alpha value is -3.98. The normalized spacial score (nSPS) is 15.6. The molecule has 0 fully saturated rings. The lowest BCUT2D eigenvalue weighted by molar-refractivity contribution is -0.0101. The fourth-order valence-electron chi connectivity index (χ4n) is 4.93. The molecule has 196 valence electrons. The maximum atomic E-state index is 14.5. The van der Waals surface area contributed by atoms with E-state index in [1.165, 1.54) is 7.05 Å². The number of anilines is 1. The van der Waals surface area contributed by atoms with E-state index >= 15 is 0 Å². The highest BCUT2D eigenvalue weighted by molar-refractivity contribution is 6.06. The van der Waals surface area contributed by atoms with Gasteiger partial charge in [-0.3, -0.25) is 14.8 Å². The van der Waals surface area contributed by atoms with Crippen LogP contribution in [0.15, 0.2) is 49.1 Å². The number of pyridine rings is 2. The molecule has 0 bridgehead atoms. The molecule has 0 saturated carbocycles. The number of carbonyl (C=O) groups excluding carboxylic acids is 1. The summed E-state index contributed by atoms with van der Waals surface area (Å²) in [4.78, 5) is 30.2.